The highest BCUT2D eigenvalue weighted by Crippen LogP contribution is 2.29. The summed E-state index contributed by atoms with van der Waals surface area (Å²) in [6.45, 7) is 1.72. The first kappa shape index (κ1) is 13.5. The molecule has 3 rings (SSSR count). The van der Waals surface area contributed by atoms with Gasteiger partial charge < -0.3 is 4.52 Å². The molecule has 2 aromatic heterocycles. The van der Waals surface area contributed by atoms with E-state index in [4.69, 9.17) is 4.52 Å². The molecule has 0 saturated heterocycles. The van der Waals surface area contributed by atoms with E-state index in [0.717, 1.165) is 19.3 Å². The van der Waals surface area contributed by atoms with Gasteiger partial charge in [-0.3, -0.25) is 14.9 Å². The molecule has 1 saturated carbocycles. The molecule has 0 unspecified atom stereocenters. The summed E-state index contributed by atoms with van der Waals surface area (Å²) in [4.78, 5) is 23.8. The standard InChI is InChI=1S/C13H15N5O3/c1-8-5-12(21-16-8)14-11(19)7-18-6-10(15-17-18)13(20)9-3-2-4-9/h5-6,9H,2-4,7H2,1H3,(H,14,19). The molecular weight excluding hydrogens is 274 g/mol. The van der Waals surface area contributed by atoms with Gasteiger partial charge in [0.05, 0.1) is 11.9 Å². The molecule has 0 aliphatic heterocycles. The lowest BCUT2D eigenvalue weighted by Gasteiger charge is -2.22. The number of amides is 1. The van der Waals surface area contributed by atoms with Crippen molar-refractivity contribution < 1.29 is 14.1 Å². The Balaban J connectivity index is 1.58. The minimum atomic E-state index is -0.321. The van der Waals surface area contributed by atoms with Gasteiger partial charge in [-0.25, -0.2) is 4.68 Å². The van der Waals surface area contributed by atoms with Gasteiger partial charge in [0, 0.05) is 12.0 Å². The maximum atomic E-state index is 12.0. The van der Waals surface area contributed by atoms with E-state index in [1.165, 1.54) is 10.9 Å². The summed E-state index contributed by atoms with van der Waals surface area (Å²) in [7, 11) is 0. The third-order valence-electron chi connectivity index (χ3n) is 3.46. The summed E-state index contributed by atoms with van der Waals surface area (Å²) >= 11 is 0. The lowest BCUT2D eigenvalue weighted by Crippen LogP contribution is -2.22. The van der Waals surface area contributed by atoms with Crippen molar-refractivity contribution in [1.82, 2.24) is 20.2 Å². The van der Waals surface area contributed by atoms with Crippen LogP contribution in [-0.4, -0.2) is 31.8 Å². The molecule has 1 aliphatic carbocycles. The molecule has 1 amide bonds. The molecule has 0 atom stereocenters. The van der Waals surface area contributed by atoms with Crippen molar-refractivity contribution in [3.63, 3.8) is 0 Å². The van der Waals surface area contributed by atoms with Gasteiger partial charge in [-0.1, -0.05) is 16.8 Å². The lowest BCUT2D eigenvalue weighted by atomic mass is 9.81. The van der Waals surface area contributed by atoms with Gasteiger partial charge in [-0.2, -0.15) is 0 Å². The molecule has 1 aliphatic rings. The summed E-state index contributed by atoms with van der Waals surface area (Å²) < 4.78 is 6.23. The second-order valence-electron chi connectivity index (χ2n) is 5.17. The average molecular weight is 289 g/mol. The number of anilines is 1. The van der Waals surface area contributed by atoms with Crippen molar-refractivity contribution in [2.45, 2.75) is 32.7 Å². The Morgan fingerprint density at radius 3 is 2.90 bits per heavy atom. The third-order valence-corrected chi connectivity index (χ3v) is 3.46. The fourth-order valence-corrected chi connectivity index (χ4v) is 2.11. The van der Waals surface area contributed by atoms with Crippen LogP contribution in [0, 0.1) is 12.8 Å². The van der Waals surface area contributed by atoms with E-state index in [9.17, 15) is 9.59 Å². The quantitative estimate of drug-likeness (QED) is 0.829. The number of Topliss-reactive ketones (excluding diaryl/α,β-unsaturated/α-hetero) is 1. The van der Waals surface area contributed by atoms with Gasteiger partial charge in [-0.15, -0.1) is 5.10 Å². The molecule has 2 aromatic rings. The Labute approximate surface area is 120 Å². The number of hydrogen-bond acceptors (Lipinski definition) is 6. The van der Waals surface area contributed by atoms with Crippen LogP contribution in [0.3, 0.4) is 0 Å². The fraction of sp³-hybridized carbons (Fsp3) is 0.462. The van der Waals surface area contributed by atoms with Crippen molar-refractivity contribution in [2.75, 3.05) is 5.32 Å². The van der Waals surface area contributed by atoms with Gasteiger partial charge in [-0.05, 0) is 19.8 Å². The van der Waals surface area contributed by atoms with Crippen molar-refractivity contribution in [1.29, 1.82) is 0 Å². The van der Waals surface area contributed by atoms with Crippen molar-refractivity contribution in [2.24, 2.45) is 5.92 Å². The number of ketones is 1. The van der Waals surface area contributed by atoms with E-state index in [2.05, 4.69) is 20.8 Å². The van der Waals surface area contributed by atoms with Crippen LogP contribution in [0.15, 0.2) is 16.8 Å². The Kier molecular flexibility index (Phi) is 3.51. The topological polar surface area (TPSA) is 103 Å². The SMILES string of the molecule is Cc1cc(NC(=O)Cn2cc(C(=O)C3CCC3)nn2)on1. The number of hydrogen-bond donors (Lipinski definition) is 1. The predicted octanol–water partition coefficient (Wildman–Crippen LogP) is 1.20. The molecule has 1 N–H and O–H groups in total. The summed E-state index contributed by atoms with van der Waals surface area (Å²) in [6.07, 6.45) is 4.42. The van der Waals surface area contributed by atoms with Gasteiger partial charge >= 0.3 is 0 Å². The second-order valence-corrected chi connectivity index (χ2v) is 5.17. The van der Waals surface area contributed by atoms with Gasteiger partial charge in [0.1, 0.15) is 12.2 Å². The lowest BCUT2D eigenvalue weighted by molar-refractivity contribution is -0.117. The van der Waals surface area contributed by atoms with Crippen molar-refractivity contribution in [3.05, 3.63) is 23.7 Å². The molecule has 2 heterocycles. The molecule has 0 radical (unpaired) electrons. The fourth-order valence-electron chi connectivity index (χ4n) is 2.11. The molecule has 0 spiro atoms. The number of aromatic nitrogens is 4. The van der Waals surface area contributed by atoms with Crippen LogP contribution in [0.2, 0.25) is 0 Å². The molecule has 8 heteroatoms. The largest absolute Gasteiger partial charge is 0.338 e. The number of rotatable bonds is 5. The number of nitrogens with one attached hydrogen (secondary N) is 1. The first-order valence-corrected chi connectivity index (χ1v) is 6.79. The number of carbonyl (C=O) groups excluding carboxylic acids is 2. The first-order chi connectivity index (χ1) is 10.1. The van der Waals surface area contributed by atoms with Gasteiger partial charge in [0.25, 0.3) is 0 Å². The van der Waals surface area contributed by atoms with E-state index in [-0.39, 0.29) is 30.0 Å². The minimum Gasteiger partial charge on any atom is -0.338 e. The van der Waals surface area contributed by atoms with Crippen LogP contribution < -0.4 is 5.32 Å². The molecule has 0 aromatic carbocycles. The third kappa shape index (κ3) is 2.99. The monoisotopic (exact) mass is 289 g/mol. The Bertz CT molecular complexity index is 671. The predicted molar refractivity (Wildman–Crippen MR) is 71.6 cm³/mol. The van der Waals surface area contributed by atoms with Crippen LogP contribution in [0.4, 0.5) is 5.88 Å². The van der Waals surface area contributed by atoms with E-state index >= 15 is 0 Å². The van der Waals surface area contributed by atoms with E-state index in [0.29, 0.717) is 11.4 Å². The zero-order valence-corrected chi connectivity index (χ0v) is 11.6. The number of carbonyl (C=O) groups is 2. The highest BCUT2D eigenvalue weighted by molar-refractivity contribution is 5.96. The van der Waals surface area contributed by atoms with Crippen LogP contribution in [0.25, 0.3) is 0 Å². The highest BCUT2D eigenvalue weighted by atomic mass is 16.5. The van der Waals surface area contributed by atoms with Gasteiger partial charge in [0.2, 0.25) is 11.8 Å². The Morgan fingerprint density at radius 1 is 1.48 bits per heavy atom. The maximum Gasteiger partial charge on any atom is 0.248 e. The van der Waals surface area contributed by atoms with E-state index < -0.39 is 0 Å². The van der Waals surface area contributed by atoms with Crippen molar-refractivity contribution >= 4 is 17.6 Å². The highest BCUT2D eigenvalue weighted by Gasteiger charge is 2.28. The number of aryl methyl sites for hydroxylation is 1. The summed E-state index contributed by atoms with van der Waals surface area (Å²) in [5, 5.41) is 13.9. The van der Waals surface area contributed by atoms with E-state index in [1.54, 1.807) is 13.0 Å². The molecule has 8 nitrogen and oxygen atoms in total. The Hall–Kier alpha value is -2.51. The minimum absolute atomic E-state index is 0.0127. The average Bonchev–Trinajstić information content (AvgIpc) is 2.96. The van der Waals surface area contributed by atoms with Crippen LogP contribution in [-0.2, 0) is 11.3 Å². The van der Waals surface area contributed by atoms with Gasteiger partial charge in [0.15, 0.2) is 5.78 Å². The zero-order valence-electron chi connectivity index (χ0n) is 11.6. The second kappa shape index (κ2) is 5.47. The summed E-state index contributed by atoms with van der Waals surface area (Å²) in [5.74, 6) is 0.0435. The zero-order chi connectivity index (χ0) is 14.8. The smallest absolute Gasteiger partial charge is 0.248 e. The molecule has 110 valence electrons. The summed E-state index contributed by atoms with van der Waals surface area (Å²) in [6, 6.07) is 1.62. The molecule has 1 fully saturated rings. The molecule has 21 heavy (non-hydrogen) atoms. The maximum absolute atomic E-state index is 12.0. The summed E-state index contributed by atoms with van der Waals surface area (Å²) in [5.41, 5.74) is 1.00. The van der Waals surface area contributed by atoms with E-state index in [1.807, 2.05) is 0 Å². The van der Waals surface area contributed by atoms with Crippen LogP contribution >= 0.6 is 0 Å². The Morgan fingerprint density at radius 2 is 2.29 bits per heavy atom. The normalized spacial score (nSPS) is 14.7. The van der Waals surface area contributed by atoms with Crippen LogP contribution in [0.5, 0.6) is 0 Å². The number of nitrogens with zero attached hydrogens (tertiary/aromatic N) is 4. The van der Waals surface area contributed by atoms with Crippen molar-refractivity contribution in [3.8, 4) is 0 Å². The molecular formula is C13H15N5O3. The first-order valence-electron chi connectivity index (χ1n) is 6.79. The molecule has 0 bridgehead atoms. The van der Waals surface area contributed by atoms with Crippen LogP contribution in [0.1, 0.15) is 35.4 Å².